The second kappa shape index (κ2) is 7.14. The summed E-state index contributed by atoms with van der Waals surface area (Å²) in [5.74, 6) is 0. The second-order valence-electron chi connectivity index (χ2n) is 3.29. The summed E-state index contributed by atoms with van der Waals surface area (Å²) >= 11 is 1.62. The van der Waals surface area contributed by atoms with Crippen molar-refractivity contribution in [2.75, 3.05) is 0 Å². The summed E-state index contributed by atoms with van der Waals surface area (Å²) in [6.45, 7) is 2.14. The van der Waals surface area contributed by atoms with Gasteiger partial charge in [0.1, 0.15) is 0 Å². The van der Waals surface area contributed by atoms with Crippen molar-refractivity contribution in [2.45, 2.75) is 31.1 Å². The van der Waals surface area contributed by atoms with E-state index in [0.29, 0.717) is 0 Å². The molecular formula is C13H15NS. The SMILES string of the molecule is CCCCC(C#N)=CSc1ccccc1. The Labute approximate surface area is 95.8 Å². The van der Waals surface area contributed by atoms with Gasteiger partial charge in [0.2, 0.25) is 0 Å². The highest BCUT2D eigenvalue weighted by molar-refractivity contribution is 8.02. The molecule has 1 rings (SSSR count). The zero-order chi connectivity index (χ0) is 10.9. The van der Waals surface area contributed by atoms with Crippen LogP contribution in [0, 0.1) is 11.3 Å². The van der Waals surface area contributed by atoms with E-state index in [2.05, 4.69) is 25.1 Å². The number of allylic oxidation sites excluding steroid dienone is 1. The van der Waals surface area contributed by atoms with Gasteiger partial charge in [0.15, 0.2) is 0 Å². The summed E-state index contributed by atoms with van der Waals surface area (Å²) in [5.41, 5.74) is 0.880. The van der Waals surface area contributed by atoms with Gasteiger partial charge in [0.05, 0.1) is 6.07 Å². The molecule has 0 unspecified atom stereocenters. The maximum atomic E-state index is 8.90. The molecule has 2 heteroatoms. The summed E-state index contributed by atoms with van der Waals surface area (Å²) in [6, 6.07) is 12.4. The van der Waals surface area contributed by atoms with Gasteiger partial charge in [-0.05, 0) is 30.4 Å². The van der Waals surface area contributed by atoms with Crippen molar-refractivity contribution in [1.82, 2.24) is 0 Å². The predicted octanol–water partition coefficient (Wildman–Crippen LogP) is 4.38. The Morgan fingerprint density at radius 2 is 2.13 bits per heavy atom. The summed E-state index contributed by atoms with van der Waals surface area (Å²) in [4.78, 5) is 1.18. The lowest BCUT2D eigenvalue weighted by molar-refractivity contribution is 0.800. The Morgan fingerprint density at radius 1 is 1.40 bits per heavy atom. The lowest BCUT2D eigenvalue weighted by atomic mass is 10.1. The van der Waals surface area contributed by atoms with Gasteiger partial charge in [0, 0.05) is 10.5 Å². The molecule has 0 aliphatic carbocycles. The number of thioether (sulfide) groups is 1. The molecule has 0 heterocycles. The molecule has 1 nitrogen and oxygen atoms in total. The number of unbranched alkanes of at least 4 members (excludes halogenated alkanes) is 1. The van der Waals surface area contributed by atoms with Crippen LogP contribution in [0.25, 0.3) is 0 Å². The molecule has 0 fully saturated rings. The fourth-order valence-electron chi connectivity index (χ4n) is 1.15. The third kappa shape index (κ3) is 4.71. The minimum Gasteiger partial charge on any atom is -0.193 e. The predicted molar refractivity (Wildman–Crippen MR) is 65.5 cm³/mol. The van der Waals surface area contributed by atoms with Crippen molar-refractivity contribution in [3.05, 3.63) is 41.3 Å². The summed E-state index contributed by atoms with van der Waals surface area (Å²) < 4.78 is 0. The Bertz CT molecular complexity index is 349. The summed E-state index contributed by atoms with van der Waals surface area (Å²) in [6.07, 6.45) is 3.12. The Hall–Kier alpha value is -1.20. The number of nitriles is 1. The molecule has 0 spiro atoms. The molecule has 0 saturated carbocycles. The normalized spacial score (nSPS) is 11.1. The molecule has 1 aromatic rings. The fraction of sp³-hybridized carbons (Fsp3) is 0.308. The van der Waals surface area contributed by atoms with Gasteiger partial charge < -0.3 is 0 Å². The third-order valence-corrected chi connectivity index (χ3v) is 2.97. The van der Waals surface area contributed by atoms with E-state index < -0.39 is 0 Å². The van der Waals surface area contributed by atoms with E-state index in [9.17, 15) is 0 Å². The standard InChI is InChI=1S/C13H15NS/c1-2-3-7-12(10-14)11-15-13-8-5-4-6-9-13/h4-6,8-9,11H,2-3,7H2,1H3. The number of hydrogen-bond donors (Lipinski definition) is 0. The highest BCUT2D eigenvalue weighted by atomic mass is 32.2. The first-order valence-corrected chi connectivity index (χ1v) is 6.05. The molecular weight excluding hydrogens is 202 g/mol. The number of rotatable bonds is 5. The Kier molecular flexibility index (Phi) is 5.65. The van der Waals surface area contributed by atoms with Gasteiger partial charge in [-0.15, -0.1) is 0 Å². The molecule has 78 valence electrons. The minimum absolute atomic E-state index is 0.880. The Morgan fingerprint density at radius 3 is 2.73 bits per heavy atom. The van der Waals surface area contributed by atoms with Gasteiger partial charge in [-0.1, -0.05) is 43.3 Å². The van der Waals surface area contributed by atoms with Crippen molar-refractivity contribution >= 4 is 11.8 Å². The van der Waals surface area contributed by atoms with E-state index in [-0.39, 0.29) is 0 Å². The van der Waals surface area contributed by atoms with Crippen molar-refractivity contribution in [3.63, 3.8) is 0 Å². The van der Waals surface area contributed by atoms with Gasteiger partial charge in [-0.25, -0.2) is 0 Å². The van der Waals surface area contributed by atoms with Crippen LogP contribution >= 0.6 is 11.8 Å². The Balaban J connectivity index is 2.52. The van der Waals surface area contributed by atoms with E-state index in [0.717, 1.165) is 24.8 Å². The lowest BCUT2D eigenvalue weighted by Crippen LogP contribution is -1.78. The highest BCUT2D eigenvalue weighted by Gasteiger charge is 1.95. The lowest BCUT2D eigenvalue weighted by Gasteiger charge is -1.97. The first kappa shape index (κ1) is 11.9. The zero-order valence-electron chi connectivity index (χ0n) is 8.94. The molecule has 1 aromatic carbocycles. The quantitative estimate of drug-likeness (QED) is 0.540. The molecule has 0 aliphatic heterocycles. The number of nitrogens with zero attached hydrogens (tertiary/aromatic N) is 1. The van der Waals surface area contributed by atoms with Crippen LogP contribution in [-0.2, 0) is 0 Å². The zero-order valence-corrected chi connectivity index (χ0v) is 9.76. The smallest absolute Gasteiger partial charge is 0.0952 e. The second-order valence-corrected chi connectivity index (χ2v) is 4.23. The van der Waals surface area contributed by atoms with Crippen LogP contribution in [0.2, 0.25) is 0 Å². The summed E-state index contributed by atoms with van der Waals surface area (Å²) in [7, 11) is 0. The van der Waals surface area contributed by atoms with Crippen LogP contribution in [0.5, 0.6) is 0 Å². The van der Waals surface area contributed by atoms with E-state index >= 15 is 0 Å². The van der Waals surface area contributed by atoms with Gasteiger partial charge in [-0.2, -0.15) is 5.26 Å². The molecule has 0 bridgehead atoms. The van der Waals surface area contributed by atoms with Crippen molar-refractivity contribution in [1.29, 1.82) is 5.26 Å². The molecule has 15 heavy (non-hydrogen) atoms. The average Bonchev–Trinajstić information content (AvgIpc) is 2.31. The molecule has 0 atom stereocenters. The van der Waals surface area contributed by atoms with E-state index in [1.165, 1.54) is 4.90 Å². The van der Waals surface area contributed by atoms with Crippen LogP contribution in [0.1, 0.15) is 26.2 Å². The molecule has 0 radical (unpaired) electrons. The maximum absolute atomic E-state index is 8.90. The van der Waals surface area contributed by atoms with E-state index in [1.807, 2.05) is 23.6 Å². The van der Waals surface area contributed by atoms with E-state index in [4.69, 9.17) is 5.26 Å². The third-order valence-electron chi connectivity index (χ3n) is 2.02. The average molecular weight is 217 g/mol. The number of benzene rings is 1. The summed E-state index contributed by atoms with van der Waals surface area (Å²) in [5, 5.41) is 10.9. The fourth-order valence-corrected chi connectivity index (χ4v) is 1.91. The largest absolute Gasteiger partial charge is 0.193 e. The molecule has 0 saturated heterocycles. The van der Waals surface area contributed by atoms with Crippen LogP contribution < -0.4 is 0 Å². The van der Waals surface area contributed by atoms with Crippen LogP contribution in [0.3, 0.4) is 0 Å². The minimum atomic E-state index is 0.880. The van der Waals surface area contributed by atoms with Crippen LogP contribution in [0.15, 0.2) is 46.2 Å². The topological polar surface area (TPSA) is 23.8 Å². The molecule has 0 aromatic heterocycles. The molecule has 0 N–H and O–H groups in total. The molecule has 0 aliphatic rings. The highest BCUT2D eigenvalue weighted by Crippen LogP contribution is 2.21. The monoisotopic (exact) mass is 217 g/mol. The van der Waals surface area contributed by atoms with Crippen LogP contribution in [-0.4, -0.2) is 0 Å². The van der Waals surface area contributed by atoms with Crippen molar-refractivity contribution in [3.8, 4) is 6.07 Å². The van der Waals surface area contributed by atoms with Gasteiger partial charge >= 0.3 is 0 Å². The van der Waals surface area contributed by atoms with Gasteiger partial charge in [-0.3, -0.25) is 0 Å². The van der Waals surface area contributed by atoms with Crippen molar-refractivity contribution in [2.24, 2.45) is 0 Å². The van der Waals surface area contributed by atoms with Crippen LogP contribution in [0.4, 0.5) is 0 Å². The maximum Gasteiger partial charge on any atom is 0.0952 e. The first-order chi connectivity index (χ1) is 7.36. The number of hydrogen-bond acceptors (Lipinski definition) is 2. The van der Waals surface area contributed by atoms with Crippen molar-refractivity contribution < 1.29 is 0 Å². The van der Waals surface area contributed by atoms with E-state index in [1.54, 1.807) is 11.8 Å². The molecule has 0 amide bonds. The first-order valence-electron chi connectivity index (χ1n) is 5.17. The van der Waals surface area contributed by atoms with Gasteiger partial charge in [0.25, 0.3) is 0 Å².